The fraction of sp³-hybridized carbons (Fsp3) is 0.462. The fourth-order valence-corrected chi connectivity index (χ4v) is 3.06. The summed E-state index contributed by atoms with van der Waals surface area (Å²) in [7, 11) is 0. The quantitative estimate of drug-likeness (QED) is 0.465. The Hall–Kier alpha value is -0.670. The van der Waals surface area contributed by atoms with Crippen molar-refractivity contribution < 1.29 is 4.79 Å². The van der Waals surface area contributed by atoms with Gasteiger partial charge in [0.15, 0.2) is 0 Å². The highest BCUT2D eigenvalue weighted by Gasteiger charge is 2.27. The van der Waals surface area contributed by atoms with Gasteiger partial charge in [0.2, 0.25) is 5.91 Å². The molecule has 0 aliphatic carbocycles. The zero-order valence-corrected chi connectivity index (χ0v) is 11.2. The molecule has 1 fully saturated rings. The molecule has 0 radical (unpaired) electrons. The second-order valence-electron chi connectivity index (χ2n) is 4.16. The topological polar surface area (TPSA) is 20.3 Å². The van der Waals surface area contributed by atoms with E-state index in [1.54, 1.807) is 0 Å². The van der Waals surface area contributed by atoms with Crippen molar-refractivity contribution in [1.29, 1.82) is 0 Å². The van der Waals surface area contributed by atoms with Gasteiger partial charge in [-0.3, -0.25) is 4.79 Å². The fourth-order valence-electron chi connectivity index (χ4n) is 1.90. The molecule has 1 amide bonds. The molecule has 1 saturated heterocycles. The summed E-state index contributed by atoms with van der Waals surface area (Å²) >= 11 is 7.78. The number of thioether (sulfide) groups is 1. The maximum Gasteiger partial charge on any atom is 0.224 e. The predicted molar refractivity (Wildman–Crippen MR) is 72.6 cm³/mol. The zero-order chi connectivity index (χ0) is 12.1. The Balaban J connectivity index is 1.65. The highest BCUT2D eigenvalue weighted by atomic mass is 35.5. The summed E-state index contributed by atoms with van der Waals surface area (Å²) in [5, 5.41) is 0.0178. The molecule has 0 spiro atoms. The van der Waals surface area contributed by atoms with Gasteiger partial charge < -0.3 is 4.90 Å². The molecule has 17 heavy (non-hydrogen) atoms. The van der Waals surface area contributed by atoms with Crippen LogP contribution in [0.2, 0.25) is 0 Å². The van der Waals surface area contributed by atoms with Crippen LogP contribution in [0.5, 0.6) is 0 Å². The number of rotatable bonds is 5. The third kappa shape index (κ3) is 3.93. The van der Waals surface area contributed by atoms with Crippen LogP contribution in [0.4, 0.5) is 0 Å². The third-order valence-corrected chi connectivity index (χ3v) is 4.14. The first kappa shape index (κ1) is 12.8. The molecule has 0 saturated carbocycles. The molecule has 1 heterocycles. The Morgan fingerprint density at radius 1 is 1.35 bits per heavy atom. The molecule has 1 aliphatic rings. The summed E-state index contributed by atoms with van der Waals surface area (Å²) in [5.74, 6) is 1.25. The lowest BCUT2D eigenvalue weighted by Gasteiger charge is -2.15. The van der Waals surface area contributed by atoms with Crippen molar-refractivity contribution in [3.05, 3.63) is 30.3 Å². The average molecular weight is 270 g/mol. The number of hydrogen-bond acceptors (Lipinski definition) is 2. The lowest BCUT2D eigenvalue weighted by atomic mass is 10.4. The van der Waals surface area contributed by atoms with Gasteiger partial charge in [0.1, 0.15) is 0 Å². The van der Waals surface area contributed by atoms with Crippen molar-refractivity contribution >= 4 is 29.3 Å². The zero-order valence-electron chi connectivity index (χ0n) is 9.64. The van der Waals surface area contributed by atoms with E-state index in [-0.39, 0.29) is 11.3 Å². The predicted octanol–water partition coefficient (Wildman–Crippen LogP) is 3.01. The van der Waals surface area contributed by atoms with E-state index in [1.807, 2.05) is 34.9 Å². The number of alkyl halides is 1. The van der Waals surface area contributed by atoms with Crippen LogP contribution in [0, 0.1) is 0 Å². The van der Waals surface area contributed by atoms with Crippen LogP contribution in [0.15, 0.2) is 35.2 Å². The van der Waals surface area contributed by atoms with Gasteiger partial charge >= 0.3 is 0 Å². The van der Waals surface area contributed by atoms with Crippen molar-refractivity contribution in [3.63, 3.8) is 0 Å². The summed E-state index contributed by atoms with van der Waals surface area (Å²) in [6.07, 6.45) is 1.53. The van der Waals surface area contributed by atoms with E-state index in [9.17, 15) is 4.79 Å². The molecular weight excluding hydrogens is 254 g/mol. The van der Waals surface area contributed by atoms with E-state index in [4.69, 9.17) is 11.6 Å². The number of nitrogens with zero attached hydrogens (tertiary/aromatic N) is 1. The van der Waals surface area contributed by atoms with Crippen LogP contribution in [-0.4, -0.2) is 35.0 Å². The molecule has 2 nitrogen and oxygen atoms in total. The third-order valence-electron chi connectivity index (χ3n) is 2.75. The molecule has 0 aromatic heterocycles. The first-order valence-electron chi connectivity index (χ1n) is 5.85. The van der Waals surface area contributed by atoms with E-state index < -0.39 is 0 Å². The van der Waals surface area contributed by atoms with E-state index in [0.717, 1.165) is 25.3 Å². The molecule has 2 rings (SSSR count). The number of likely N-dealkylation sites (tertiary alicyclic amines) is 1. The van der Waals surface area contributed by atoms with Gasteiger partial charge in [0.05, 0.1) is 5.38 Å². The molecular formula is C13H16ClNOS. The molecule has 1 aromatic carbocycles. The summed E-state index contributed by atoms with van der Waals surface area (Å²) in [4.78, 5) is 14.6. The lowest BCUT2D eigenvalue weighted by molar-refractivity contribution is -0.127. The minimum atomic E-state index is 0.0178. The van der Waals surface area contributed by atoms with Crippen LogP contribution >= 0.6 is 23.4 Å². The highest BCUT2D eigenvalue weighted by molar-refractivity contribution is 7.99. The van der Waals surface area contributed by atoms with Gasteiger partial charge in [-0.15, -0.1) is 23.4 Å². The van der Waals surface area contributed by atoms with Gasteiger partial charge in [-0.2, -0.15) is 0 Å². The van der Waals surface area contributed by atoms with Crippen molar-refractivity contribution in [2.24, 2.45) is 0 Å². The van der Waals surface area contributed by atoms with E-state index in [1.165, 1.54) is 4.90 Å². The summed E-state index contributed by atoms with van der Waals surface area (Å²) in [6, 6.07) is 10.3. The second kappa shape index (κ2) is 6.31. The van der Waals surface area contributed by atoms with Gasteiger partial charge in [0.25, 0.3) is 0 Å². The number of amides is 1. The SMILES string of the molecule is O=C1CC(Cl)CN1CCCSc1ccccc1. The minimum absolute atomic E-state index is 0.0178. The number of carbonyl (C=O) groups excluding carboxylic acids is 1. The Bertz CT molecular complexity index is 371. The Morgan fingerprint density at radius 2 is 2.12 bits per heavy atom. The highest BCUT2D eigenvalue weighted by Crippen LogP contribution is 2.20. The average Bonchev–Trinajstić information content (AvgIpc) is 2.65. The van der Waals surface area contributed by atoms with Crippen molar-refractivity contribution in [2.45, 2.75) is 23.1 Å². The maximum atomic E-state index is 11.5. The number of halogens is 1. The Kier molecular flexibility index (Phi) is 4.75. The standard InChI is InChI=1S/C13H16ClNOS/c14-11-9-13(16)15(10-11)7-4-8-17-12-5-2-1-3-6-12/h1-3,5-6,11H,4,7-10H2. The summed E-state index contributed by atoms with van der Waals surface area (Å²) < 4.78 is 0. The molecule has 92 valence electrons. The smallest absolute Gasteiger partial charge is 0.224 e. The lowest BCUT2D eigenvalue weighted by Crippen LogP contribution is -2.26. The maximum absolute atomic E-state index is 11.5. The monoisotopic (exact) mass is 269 g/mol. The molecule has 4 heteroatoms. The van der Waals surface area contributed by atoms with E-state index >= 15 is 0 Å². The molecule has 1 atom stereocenters. The molecule has 1 aliphatic heterocycles. The van der Waals surface area contributed by atoms with Gasteiger partial charge in [-0.05, 0) is 24.3 Å². The van der Waals surface area contributed by atoms with Crippen molar-refractivity contribution in [2.75, 3.05) is 18.8 Å². The van der Waals surface area contributed by atoms with E-state index in [2.05, 4.69) is 12.1 Å². The number of hydrogen-bond donors (Lipinski definition) is 0. The summed E-state index contributed by atoms with van der Waals surface area (Å²) in [5.41, 5.74) is 0. The van der Waals surface area contributed by atoms with Gasteiger partial charge in [-0.25, -0.2) is 0 Å². The first-order chi connectivity index (χ1) is 8.25. The van der Waals surface area contributed by atoms with Crippen LogP contribution in [0.25, 0.3) is 0 Å². The van der Waals surface area contributed by atoms with Crippen LogP contribution in [-0.2, 0) is 4.79 Å². The normalized spacial score (nSPS) is 19.9. The number of carbonyl (C=O) groups is 1. The largest absolute Gasteiger partial charge is 0.341 e. The molecule has 0 N–H and O–H groups in total. The van der Waals surface area contributed by atoms with Crippen molar-refractivity contribution in [3.8, 4) is 0 Å². The van der Waals surface area contributed by atoms with Crippen LogP contribution in [0.1, 0.15) is 12.8 Å². The Morgan fingerprint density at radius 3 is 2.76 bits per heavy atom. The van der Waals surface area contributed by atoms with E-state index in [0.29, 0.717) is 6.42 Å². The van der Waals surface area contributed by atoms with Crippen molar-refractivity contribution in [1.82, 2.24) is 4.90 Å². The minimum Gasteiger partial charge on any atom is -0.341 e. The number of benzene rings is 1. The van der Waals surface area contributed by atoms with Gasteiger partial charge in [-0.1, -0.05) is 18.2 Å². The second-order valence-corrected chi connectivity index (χ2v) is 5.94. The van der Waals surface area contributed by atoms with Crippen LogP contribution in [0.3, 0.4) is 0 Å². The molecule has 0 bridgehead atoms. The van der Waals surface area contributed by atoms with Gasteiger partial charge in [0, 0.05) is 24.4 Å². The molecule has 1 aromatic rings. The Labute approximate surface area is 111 Å². The first-order valence-corrected chi connectivity index (χ1v) is 7.27. The molecule has 1 unspecified atom stereocenters. The van der Waals surface area contributed by atoms with Crippen LogP contribution < -0.4 is 0 Å². The summed E-state index contributed by atoms with van der Waals surface area (Å²) in [6.45, 7) is 1.55.